The van der Waals surface area contributed by atoms with Crippen molar-refractivity contribution in [1.82, 2.24) is 20.2 Å². The monoisotopic (exact) mass is 591 g/mol. The molecule has 0 saturated heterocycles. The Morgan fingerprint density at radius 3 is 2.43 bits per heavy atom. The Morgan fingerprint density at radius 1 is 0.909 bits per heavy atom. The first kappa shape index (κ1) is 29.1. The van der Waals surface area contributed by atoms with Crippen LogP contribution in [0.1, 0.15) is 27.0 Å². The molecule has 0 radical (unpaired) electrons. The highest BCUT2D eigenvalue weighted by Gasteiger charge is 2.19. The normalized spacial score (nSPS) is 12.9. The van der Waals surface area contributed by atoms with Gasteiger partial charge in [-0.1, -0.05) is 36.4 Å². The van der Waals surface area contributed by atoms with Gasteiger partial charge >= 0.3 is 0 Å². The molecule has 1 amide bonds. The maximum Gasteiger partial charge on any atom is 0.251 e. The molecule has 1 aliphatic rings. The predicted octanol–water partition coefficient (Wildman–Crippen LogP) is 5.85. The van der Waals surface area contributed by atoms with Crippen molar-refractivity contribution in [2.24, 2.45) is 0 Å². The highest BCUT2D eigenvalue weighted by atomic mass is 19.1. The van der Waals surface area contributed by atoms with Crippen LogP contribution in [0, 0.1) is 5.82 Å². The minimum Gasteiger partial charge on any atom is -0.493 e. The number of aromatic nitrogens is 2. The van der Waals surface area contributed by atoms with E-state index in [1.165, 1.54) is 23.5 Å². The van der Waals surface area contributed by atoms with E-state index < -0.39 is 0 Å². The highest BCUT2D eigenvalue weighted by molar-refractivity contribution is 5.95. The molecule has 0 saturated carbocycles. The third kappa shape index (κ3) is 6.33. The van der Waals surface area contributed by atoms with E-state index in [0.717, 1.165) is 59.6 Å². The molecule has 0 fully saturated rings. The second-order valence-electron chi connectivity index (χ2n) is 10.7. The Labute approximate surface area is 255 Å². The van der Waals surface area contributed by atoms with Crippen molar-refractivity contribution in [3.63, 3.8) is 0 Å². The van der Waals surface area contributed by atoms with Crippen LogP contribution in [0.25, 0.3) is 22.0 Å². The zero-order chi connectivity index (χ0) is 30.5. The molecule has 4 aromatic carbocycles. The zero-order valence-electron chi connectivity index (χ0n) is 24.8. The fourth-order valence-electron chi connectivity index (χ4n) is 5.57. The van der Waals surface area contributed by atoms with E-state index in [1.54, 1.807) is 26.4 Å². The smallest absolute Gasteiger partial charge is 0.251 e. The van der Waals surface area contributed by atoms with Crippen LogP contribution in [0.4, 0.5) is 10.2 Å². The van der Waals surface area contributed by atoms with E-state index >= 15 is 0 Å². The average molecular weight is 592 g/mol. The molecular weight excluding hydrogens is 557 g/mol. The molecule has 0 aliphatic carbocycles. The number of amides is 1. The lowest BCUT2D eigenvalue weighted by Crippen LogP contribution is -2.37. The molecule has 5 aromatic rings. The number of nitrogens with zero attached hydrogens (tertiary/aromatic N) is 3. The first-order chi connectivity index (χ1) is 21.5. The number of carbonyl (C=O) groups excluding carboxylic acids is 1. The molecular formula is C35H34FN5O3. The van der Waals surface area contributed by atoms with Gasteiger partial charge in [0.1, 0.15) is 18.0 Å². The SMILES string of the molecule is COc1cc2c(cc1OC)CN(CCNC(=O)c1ccc(-c3ccc4ncnc(NCc5ccccc5F)c4c3)cc1)CC2. The van der Waals surface area contributed by atoms with Crippen molar-refractivity contribution in [3.05, 3.63) is 113 Å². The molecule has 2 heterocycles. The van der Waals surface area contributed by atoms with Crippen molar-refractivity contribution in [3.8, 4) is 22.6 Å². The Hall–Kier alpha value is -5.02. The molecule has 0 bridgehead atoms. The third-order valence-electron chi connectivity index (χ3n) is 8.03. The number of methoxy groups -OCH3 is 2. The average Bonchev–Trinajstić information content (AvgIpc) is 3.07. The molecule has 0 spiro atoms. The lowest BCUT2D eigenvalue weighted by molar-refractivity contribution is 0.0947. The summed E-state index contributed by atoms with van der Waals surface area (Å²) in [5, 5.41) is 7.14. The Bertz CT molecular complexity index is 1790. The molecule has 0 atom stereocenters. The zero-order valence-corrected chi connectivity index (χ0v) is 24.8. The summed E-state index contributed by atoms with van der Waals surface area (Å²) in [7, 11) is 3.30. The first-order valence-electron chi connectivity index (χ1n) is 14.6. The van der Waals surface area contributed by atoms with Crippen LogP contribution in [0.3, 0.4) is 0 Å². The number of carbonyl (C=O) groups is 1. The van der Waals surface area contributed by atoms with Crippen molar-refractivity contribution in [2.75, 3.05) is 39.2 Å². The second kappa shape index (κ2) is 13.1. The summed E-state index contributed by atoms with van der Waals surface area (Å²) in [6.07, 6.45) is 2.42. The fraction of sp³-hybridized carbons (Fsp3) is 0.229. The number of ether oxygens (including phenoxy) is 2. The van der Waals surface area contributed by atoms with Crippen LogP contribution in [-0.2, 0) is 19.5 Å². The Balaban J connectivity index is 1.07. The van der Waals surface area contributed by atoms with Gasteiger partial charge in [-0.05, 0) is 71.1 Å². The number of anilines is 1. The van der Waals surface area contributed by atoms with E-state index in [2.05, 4.69) is 31.6 Å². The van der Waals surface area contributed by atoms with Crippen molar-refractivity contribution >= 4 is 22.6 Å². The topological polar surface area (TPSA) is 88.6 Å². The van der Waals surface area contributed by atoms with Crippen molar-refractivity contribution < 1.29 is 18.7 Å². The van der Waals surface area contributed by atoms with E-state index in [1.807, 2.05) is 54.6 Å². The van der Waals surface area contributed by atoms with Crippen LogP contribution < -0.4 is 20.1 Å². The quantitative estimate of drug-likeness (QED) is 0.211. The van der Waals surface area contributed by atoms with Gasteiger partial charge in [-0.25, -0.2) is 14.4 Å². The maximum atomic E-state index is 14.1. The van der Waals surface area contributed by atoms with Crippen LogP contribution in [0.15, 0.2) is 85.2 Å². The molecule has 8 nitrogen and oxygen atoms in total. The largest absolute Gasteiger partial charge is 0.493 e. The molecule has 44 heavy (non-hydrogen) atoms. The predicted molar refractivity (Wildman–Crippen MR) is 170 cm³/mol. The molecule has 1 aromatic heterocycles. The molecule has 2 N–H and O–H groups in total. The second-order valence-corrected chi connectivity index (χ2v) is 10.7. The Morgan fingerprint density at radius 2 is 1.66 bits per heavy atom. The third-order valence-corrected chi connectivity index (χ3v) is 8.03. The summed E-state index contributed by atoms with van der Waals surface area (Å²) < 4.78 is 25.0. The molecule has 1 aliphatic heterocycles. The van der Waals surface area contributed by atoms with Gasteiger partial charge in [0.25, 0.3) is 5.91 Å². The number of hydrogen-bond donors (Lipinski definition) is 2. The molecule has 9 heteroatoms. The van der Waals surface area contributed by atoms with Crippen LogP contribution >= 0.6 is 0 Å². The highest BCUT2D eigenvalue weighted by Crippen LogP contribution is 2.33. The standard InChI is InChI=1S/C35H34FN5O3/c1-43-32-18-26-13-15-41(21-28(26)19-33(32)44-2)16-14-37-35(42)24-9-7-23(8-10-24)25-11-12-31-29(17-25)34(40-22-39-31)38-20-27-5-3-4-6-30(27)36/h3-12,17-19,22H,13-16,20-21H2,1-2H3,(H,37,42)(H,38,39,40). The molecule has 6 rings (SSSR count). The summed E-state index contributed by atoms with van der Waals surface area (Å²) in [6, 6.07) is 24.3. The van der Waals surface area contributed by atoms with Crippen LogP contribution in [0.5, 0.6) is 11.5 Å². The number of benzene rings is 4. The minimum atomic E-state index is -0.261. The lowest BCUT2D eigenvalue weighted by Gasteiger charge is -2.29. The molecule has 0 unspecified atom stereocenters. The summed E-state index contributed by atoms with van der Waals surface area (Å²) >= 11 is 0. The summed E-state index contributed by atoms with van der Waals surface area (Å²) in [4.78, 5) is 24.0. The number of hydrogen-bond acceptors (Lipinski definition) is 7. The fourth-order valence-corrected chi connectivity index (χ4v) is 5.57. The van der Waals surface area contributed by atoms with E-state index in [9.17, 15) is 9.18 Å². The van der Waals surface area contributed by atoms with Crippen LogP contribution in [-0.4, -0.2) is 54.6 Å². The number of halogens is 1. The van der Waals surface area contributed by atoms with Crippen molar-refractivity contribution in [2.45, 2.75) is 19.5 Å². The maximum absolute atomic E-state index is 14.1. The van der Waals surface area contributed by atoms with E-state index in [0.29, 0.717) is 30.0 Å². The number of rotatable bonds is 10. The van der Waals surface area contributed by atoms with E-state index in [-0.39, 0.29) is 11.7 Å². The van der Waals surface area contributed by atoms with Gasteiger partial charge in [-0.15, -0.1) is 0 Å². The molecule has 224 valence electrons. The van der Waals surface area contributed by atoms with Gasteiger partial charge in [0.2, 0.25) is 0 Å². The van der Waals surface area contributed by atoms with Gasteiger partial charge in [-0.2, -0.15) is 0 Å². The van der Waals surface area contributed by atoms with Gasteiger partial charge in [-0.3, -0.25) is 9.69 Å². The first-order valence-corrected chi connectivity index (χ1v) is 14.6. The minimum absolute atomic E-state index is 0.105. The summed E-state index contributed by atoms with van der Waals surface area (Å²) in [6.45, 7) is 3.34. The van der Waals surface area contributed by atoms with Crippen LogP contribution in [0.2, 0.25) is 0 Å². The van der Waals surface area contributed by atoms with Gasteiger partial charge in [0.05, 0.1) is 19.7 Å². The summed E-state index contributed by atoms with van der Waals surface area (Å²) in [5.74, 6) is 1.76. The number of nitrogens with one attached hydrogen (secondary N) is 2. The van der Waals surface area contributed by atoms with Gasteiger partial charge < -0.3 is 20.1 Å². The lowest BCUT2D eigenvalue weighted by atomic mass is 9.99. The summed E-state index contributed by atoms with van der Waals surface area (Å²) in [5.41, 5.74) is 6.38. The Kier molecular flexibility index (Phi) is 8.65. The van der Waals surface area contributed by atoms with Gasteiger partial charge in [0, 0.05) is 49.2 Å². The van der Waals surface area contributed by atoms with Crippen molar-refractivity contribution in [1.29, 1.82) is 0 Å². The number of fused-ring (bicyclic) bond motifs is 2. The van der Waals surface area contributed by atoms with Gasteiger partial charge in [0.15, 0.2) is 11.5 Å². The van der Waals surface area contributed by atoms with E-state index in [4.69, 9.17) is 9.47 Å².